The lowest BCUT2D eigenvalue weighted by atomic mass is 10.1. The first-order valence-corrected chi connectivity index (χ1v) is 6.58. The third-order valence-corrected chi connectivity index (χ3v) is 3.36. The zero-order valence-electron chi connectivity index (χ0n) is 10.4. The molecule has 0 heterocycles. The topological polar surface area (TPSA) is 59.3 Å². The second kappa shape index (κ2) is 7.62. The van der Waals surface area contributed by atoms with Gasteiger partial charge in [-0.2, -0.15) is 17.0 Å². The van der Waals surface area contributed by atoms with E-state index in [0.717, 1.165) is 17.1 Å². The van der Waals surface area contributed by atoms with E-state index in [1.165, 1.54) is 7.11 Å². The minimum atomic E-state index is -0.195. The normalized spacial score (nSPS) is 9.61. The van der Waals surface area contributed by atoms with Gasteiger partial charge in [0.25, 0.3) is 0 Å². The van der Waals surface area contributed by atoms with E-state index >= 15 is 0 Å². The van der Waals surface area contributed by atoms with Crippen LogP contribution in [0.5, 0.6) is 5.75 Å². The number of hydrogen-bond acceptors (Lipinski definition) is 5. The second-order valence-electron chi connectivity index (χ2n) is 3.53. The van der Waals surface area contributed by atoms with Gasteiger partial charge < -0.3 is 9.47 Å². The summed E-state index contributed by atoms with van der Waals surface area (Å²) in [5, 5.41) is 8.86. The van der Waals surface area contributed by atoms with Crippen LogP contribution in [-0.4, -0.2) is 25.9 Å². The van der Waals surface area contributed by atoms with Crippen LogP contribution < -0.4 is 4.74 Å². The molecule has 1 aromatic rings. The van der Waals surface area contributed by atoms with Crippen molar-refractivity contribution in [2.45, 2.75) is 12.2 Å². The molecule has 0 amide bonds. The van der Waals surface area contributed by atoms with Crippen LogP contribution in [0.4, 0.5) is 0 Å². The van der Waals surface area contributed by atoms with Crippen molar-refractivity contribution in [3.8, 4) is 11.8 Å². The van der Waals surface area contributed by atoms with Crippen LogP contribution in [0.25, 0.3) is 0 Å². The quantitative estimate of drug-likeness (QED) is 0.583. The molecule has 0 saturated carbocycles. The molecule has 0 aromatic heterocycles. The van der Waals surface area contributed by atoms with Gasteiger partial charge in [-0.3, -0.25) is 4.79 Å². The maximum absolute atomic E-state index is 10.9. The molecule has 0 spiro atoms. The number of carbonyl (C=O) groups excluding carboxylic acids is 1. The van der Waals surface area contributed by atoms with Gasteiger partial charge in [-0.25, -0.2) is 0 Å². The van der Waals surface area contributed by atoms with Crippen molar-refractivity contribution in [2.24, 2.45) is 0 Å². The number of methoxy groups -OCH3 is 2. The van der Waals surface area contributed by atoms with Crippen molar-refractivity contribution in [3.63, 3.8) is 0 Å². The number of carbonyl (C=O) groups is 1. The average molecular weight is 265 g/mol. The van der Waals surface area contributed by atoms with Crippen LogP contribution in [0.2, 0.25) is 0 Å². The highest BCUT2D eigenvalue weighted by atomic mass is 32.2. The van der Waals surface area contributed by atoms with Gasteiger partial charge in [-0.05, 0) is 17.7 Å². The summed E-state index contributed by atoms with van der Waals surface area (Å²) in [6.45, 7) is 0. The van der Waals surface area contributed by atoms with Gasteiger partial charge in [0.2, 0.25) is 0 Å². The lowest BCUT2D eigenvalue weighted by Gasteiger charge is -2.06. The fraction of sp³-hybridized carbons (Fsp3) is 0.385. The summed E-state index contributed by atoms with van der Waals surface area (Å²) in [6, 6.07) is 7.56. The minimum Gasteiger partial charge on any atom is -0.495 e. The van der Waals surface area contributed by atoms with Gasteiger partial charge in [0.1, 0.15) is 11.8 Å². The number of hydrogen-bond donors (Lipinski definition) is 0. The first-order chi connectivity index (χ1) is 8.71. The van der Waals surface area contributed by atoms with Crippen molar-refractivity contribution in [1.29, 1.82) is 5.26 Å². The van der Waals surface area contributed by atoms with E-state index in [1.54, 1.807) is 24.9 Å². The molecule has 0 N–H and O–H groups in total. The minimum absolute atomic E-state index is 0.195. The Labute approximate surface area is 111 Å². The molecule has 0 aliphatic heterocycles. The molecular formula is C13H15NO3S. The standard InChI is InChI=1S/C13H15NO3S/c1-16-12-7-10(3-4-11(12)8-14)9-18-6-5-13(15)17-2/h3-4,7H,5-6,9H2,1-2H3. The number of esters is 1. The summed E-state index contributed by atoms with van der Waals surface area (Å²) in [6.07, 6.45) is 0.411. The largest absolute Gasteiger partial charge is 0.495 e. The summed E-state index contributed by atoms with van der Waals surface area (Å²) in [4.78, 5) is 10.9. The molecule has 96 valence electrons. The molecule has 0 saturated heterocycles. The number of benzene rings is 1. The molecule has 0 aliphatic carbocycles. The molecule has 18 heavy (non-hydrogen) atoms. The van der Waals surface area contributed by atoms with Crippen LogP contribution in [0.15, 0.2) is 18.2 Å². The summed E-state index contributed by atoms with van der Waals surface area (Å²) in [5.74, 6) is 1.89. The van der Waals surface area contributed by atoms with Gasteiger partial charge in [0.05, 0.1) is 26.2 Å². The van der Waals surface area contributed by atoms with Gasteiger partial charge in [0, 0.05) is 11.5 Å². The zero-order valence-corrected chi connectivity index (χ0v) is 11.3. The van der Waals surface area contributed by atoms with Gasteiger partial charge in [0.15, 0.2) is 0 Å². The summed E-state index contributed by atoms with van der Waals surface area (Å²) < 4.78 is 9.69. The van der Waals surface area contributed by atoms with Gasteiger partial charge in [-0.15, -0.1) is 0 Å². The van der Waals surface area contributed by atoms with Gasteiger partial charge >= 0.3 is 5.97 Å². The molecule has 0 aliphatic rings. The van der Waals surface area contributed by atoms with Crippen LogP contribution >= 0.6 is 11.8 Å². The Hall–Kier alpha value is -1.67. The van der Waals surface area contributed by atoms with E-state index in [2.05, 4.69) is 10.8 Å². The van der Waals surface area contributed by atoms with Crippen LogP contribution in [-0.2, 0) is 15.3 Å². The molecular weight excluding hydrogens is 250 g/mol. The molecule has 5 heteroatoms. The van der Waals surface area contributed by atoms with Crippen molar-refractivity contribution in [3.05, 3.63) is 29.3 Å². The van der Waals surface area contributed by atoms with Gasteiger partial charge in [-0.1, -0.05) is 6.07 Å². The van der Waals surface area contributed by atoms with E-state index in [0.29, 0.717) is 17.7 Å². The highest BCUT2D eigenvalue weighted by molar-refractivity contribution is 7.98. The predicted octanol–water partition coefficient (Wildman–Crippen LogP) is 2.36. The number of nitriles is 1. The summed E-state index contributed by atoms with van der Waals surface area (Å²) >= 11 is 1.64. The maximum Gasteiger partial charge on any atom is 0.306 e. The molecule has 0 bridgehead atoms. The zero-order chi connectivity index (χ0) is 13.4. The molecule has 0 fully saturated rings. The summed E-state index contributed by atoms with van der Waals surface area (Å²) in [5.41, 5.74) is 1.60. The van der Waals surface area contributed by atoms with Crippen molar-refractivity contribution in [2.75, 3.05) is 20.0 Å². The molecule has 1 rings (SSSR count). The Morgan fingerprint density at radius 3 is 2.83 bits per heavy atom. The Kier molecular flexibility index (Phi) is 6.09. The second-order valence-corrected chi connectivity index (χ2v) is 4.63. The molecule has 0 radical (unpaired) electrons. The number of thioether (sulfide) groups is 1. The maximum atomic E-state index is 10.9. The molecule has 1 aromatic carbocycles. The smallest absolute Gasteiger partial charge is 0.306 e. The van der Waals surface area contributed by atoms with Crippen molar-refractivity contribution < 1.29 is 14.3 Å². The number of rotatable bonds is 6. The number of nitrogens with zero attached hydrogens (tertiary/aromatic N) is 1. The third kappa shape index (κ3) is 4.30. The van der Waals surface area contributed by atoms with Crippen molar-refractivity contribution in [1.82, 2.24) is 0 Å². The fourth-order valence-electron chi connectivity index (χ4n) is 1.37. The molecule has 0 atom stereocenters. The van der Waals surface area contributed by atoms with Crippen LogP contribution in [0, 0.1) is 11.3 Å². The molecule has 0 unspecified atom stereocenters. The Morgan fingerprint density at radius 2 is 2.22 bits per heavy atom. The first kappa shape index (κ1) is 14.4. The van der Waals surface area contributed by atoms with E-state index in [9.17, 15) is 4.79 Å². The third-order valence-electron chi connectivity index (χ3n) is 2.33. The lowest BCUT2D eigenvalue weighted by Crippen LogP contribution is -2.01. The van der Waals surface area contributed by atoms with E-state index in [1.807, 2.05) is 12.1 Å². The van der Waals surface area contributed by atoms with E-state index in [-0.39, 0.29) is 5.97 Å². The highest BCUT2D eigenvalue weighted by Gasteiger charge is 2.04. The van der Waals surface area contributed by atoms with Crippen molar-refractivity contribution >= 4 is 17.7 Å². The SMILES string of the molecule is COC(=O)CCSCc1ccc(C#N)c(OC)c1. The van der Waals surface area contributed by atoms with E-state index < -0.39 is 0 Å². The van der Waals surface area contributed by atoms with Crippen LogP contribution in [0.1, 0.15) is 17.5 Å². The Morgan fingerprint density at radius 1 is 1.44 bits per heavy atom. The fourth-order valence-corrected chi connectivity index (χ4v) is 2.24. The summed E-state index contributed by atoms with van der Waals surface area (Å²) in [7, 11) is 2.93. The lowest BCUT2D eigenvalue weighted by molar-refractivity contribution is -0.140. The predicted molar refractivity (Wildman–Crippen MR) is 70.5 cm³/mol. The van der Waals surface area contributed by atoms with Crippen LogP contribution in [0.3, 0.4) is 0 Å². The Bertz CT molecular complexity index is 454. The number of ether oxygens (including phenoxy) is 2. The highest BCUT2D eigenvalue weighted by Crippen LogP contribution is 2.22. The van der Waals surface area contributed by atoms with E-state index in [4.69, 9.17) is 10.00 Å². The molecule has 4 nitrogen and oxygen atoms in total. The Balaban J connectivity index is 2.48. The average Bonchev–Trinajstić information content (AvgIpc) is 2.42. The first-order valence-electron chi connectivity index (χ1n) is 5.42. The monoisotopic (exact) mass is 265 g/mol.